The third kappa shape index (κ3) is 4.37. The number of nitro benzene ring substituents is 1. The molecule has 2 aromatic carbocycles. The first-order chi connectivity index (χ1) is 14.4. The molecule has 1 heterocycles. The molecule has 1 saturated heterocycles. The monoisotopic (exact) mass is 411 g/mol. The maximum absolute atomic E-state index is 12.6. The minimum atomic E-state index is -0.986. The first-order valence-corrected chi connectivity index (χ1v) is 9.20. The third-order valence-corrected chi connectivity index (χ3v) is 4.65. The summed E-state index contributed by atoms with van der Waals surface area (Å²) in [5.74, 6) is -3.18. The lowest BCUT2D eigenvalue weighted by Crippen LogP contribution is -2.34. The van der Waals surface area contributed by atoms with Crippen molar-refractivity contribution in [3.8, 4) is 11.5 Å². The number of nitrogens with zero attached hydrogens (tertiary/aromatic N) is 2. The van der Waals surface area contributed by atoms with E-state index in [0.717, 1.165) is 23.9 Å². The van der Waals surface area contributed by atoms with E-state index in [4.69, 9.17) is 4.74 Å². The molecule has 0 aromatic heterocycles. The molecule has 10 heteroatoms. The lowest BCUT2D eigenvalue weighted by atomic mass is 9.88. The van der Waals surface area contributed by atoms with Crippen LogP contribution in [0.5, 0.6) is 11.5 Å². The molecule has 1 aliphatic rings. The first-order valence-electron chi connectivity index (χ1n) is 9.20. The van der Waals surface area contributed by atoms with Crippen LogP contribution in [0.1, 0.15) is 24.0 Å². The van der Waals surface area contributed by atoms with Gasteiger partial charge in [0.2, 0.25) is 5.91 Å². The van der Waals surface area contributed by atoms with Crippen molar-refractivity contribution in [3.05, 3.63) is 63.7 Å². The van der Waals surface area contributed by atoms with Crippen molar-refractivity contribution in [2.45, 2.75) is 12.8 Å². The Kier molecular flexibility index (Phi) is 6.26. The van der Waals surface area contributed by atoms with E-state index in [0.29, 0.717) is 6.54 Å². The van der Waals surface area contributed by atoms with E-state index in [1.54, 1.807) is 6.92 Å². The van der Waals surface area contributed by atoms with Crippen LogP contribution in [0, 0.1) is 16.0 Å². The van der Waals surface area contributed by atoms with Crippen LogP contribution in [0.15, 0.2) is 47.6 Å². The highest BCUT2D eigenvalue weighted by Gasteiger charge is 2.40. The molecule has 2 amide bonds. The SMILES string of the molecule is CCOc1cc([N+](=O)[O-])cc(C=NNC(=O)[C@H]2C(=O)NC[C@H]2c2ccccc2)c1[O-]. The molecule has 10 nitrogen and oxygen atoms in total. The Morgan fingerprint density at radius 3 is 2.77 bits per heavy atom. The van der Waals surface area contributed by atoms with Crippen LogP contribution in [0.2, 0.25) is 0 Å². The predicted molar refractivity (Wildman–Crippen MR) is 105 cm³/mol. The predicted octanol–water partition coefficient (Wildman–Crippen LogP) is 1.05. The number of carbonyl (C=O) groups is 2. The Balaban J connectivity index is 1.78. The average Bonchev–Trinajstić information content (AvgIpc) is 3.12. The van der Waals surface area contributed by atoms with Crippen LogP contribution < -0.4 is 20.6 Å². The fraction of sp³-hybridized carbons (Fsp3) is 0.250. The molecule has 156 valence electrons. The molecule has 1 fully saturated rings. The van der Waals surface area contributed by atoms with E-state index in [1.165, 1.54) is 0 Å². The van der Waals surface area contributed by atoms with Gasteiger partial charge in [0.1, 0.15) is 11.7 Å². The highest BCUT2D eigenvalue weighted by Crippen LogP contribution is 2.32. The highest BCUT2D eigenvalue weighted by atomic mass is 16.6. The van der Waals surface area contributed by atoms with Gasteiger partial charge in [0.05, 0.1) is 23.8 Å². The quantitative estimate of drug-likeness (QED) is 0.301. The number of hydrazone groups is 1. The van der Waals surface area contributed by atoms with Crippen molar-refractivity contribution in [2.24, 2.45) is 11.0 Å². The molecule has 0 unspecified atom stereocenters. The van der Waals surface area contributed by atoms with Gasteiger partial charge in [-0.15, -0.1) is 0 Å². The third-order valence-electron chi connectivity index (χ3n) is 4.65. The maximum atomic E-state index is 12.6. The Labute approximate surface area is 171 Å². The van der Waals surface area contributed by atoms with Gasteiger partial charge < -0.3 is 15.2 Å². The second kappa shape index (κ2) is 9.03. The summed E-state index contributed by atoms with van der Waals surface area (Å²) >= 11 is 0. The minimum absolute atomic E-state index is 0.122. The number of amides is 2. The van der Waals surface area contributed by atoms with Crippen LogP contribution in [0.4, 0.5) is 5.69 Å². The Bertz CT molecular complexity index is 992. The molecule has 1 aliphatic heterocycles. The maximum Gasteiger partial charge on any atom is 0.273 e. The van der Waals surface area contributed by atoms with Gasteiger partial charge in [0, 0.05) is 18.5 Å². The van der Waals surface area contributed by atoms with Crippen molar-refractivity contribution >= 4 is 23.7 Å². The summed E-state index contributed by atoms with van der Waals surface area (Å²) in [6.07, 6.45) is 1.00. The van der Waals surface area contributed by atoms with Gasteiger partial charge in [-0.3, -0.25) is 19.7 Å². The zero-order valence-electron chi connectivity index (χ0n) is 16.0. The number of rotatable bonds is 7. The number of benzene rings is 2. The Hall–Kier alpha value is -3.95. The van der Waals surface area contributed by atoms with Crippen LogP contribution in [0.3, 0.4) is 0 Å². The van der Waals surface area contributed by atoms with Gasteiger partial charge in [-0.2, -0.15) is 5.10 Å². The number of ether oxygens (including phenoxy) is 1. The van der Waals surface area contributed by atoms with Crippen molar-refractivity contribution in [1.29, 1.82) is 0 Å². The van der Waals surface area contributed by atoms with E-state index < -0.39 is 28.4 Å². The molecule has 30 heavy (non-hydrogen) atoms. The molecule has 3 rings (SSSR count). The largest absolute Gasteiger partial charge is 0.870 e. The molecule has 0 spiro atoms. The highest BCUT2D eigenvalue weighted by molar-refractivity contribution is 6.03. The van der Waals surface area contributed by atoms with E-state index in [9.17, 15) is 24.8 Å². The van der Waals surface area contributed by atoms with Gasteiger partial charge in [-0.25, -0.2) is 5.43 Å². The molecule has 0 aliphatic carbocycles. The van der Waals surface area contributed by atoms with Gasteiger partial charge in [0.15, 0.2) is 0 Å². The Morgan fingerprint density at radius 1 is 1.37 bits per heavy atom. The fourth-order valence-corrected chi connectivity index (χ4v) is 3.24. The smallest absolute Gasteiger partial charge is 0.273 e. The normalized spacial score (nSPS) is 18.2. The molecule has 2 aromatic rings. The summed E-state index contributed by atoms with van der Waals surface area (Å²) in [6.45, 7) is 2.11. The van der Waals surface area contributed by atoms with Crippen LogP contribution in [-0.2, 0) is 9.59 Å². The molecule has 0 radical (unpaired) electrons. The second-order valence-corrected chi connectivity index (χ2v) is 6.53. The van der Waals surface area contributed by atoms with E-state index in [2.05, 4.69) is 15.8 Å². The van der Waals surface area contributed by atoms with Crippen LogP contribution >= 0.6 is 0 Å². The van der Waals surface area contributed by atoms with Crippen molar-refractivity contribution in [2.75, 3.05) is 13.2 Å². The van der Waals surface area contributed by atoms with E-state index in [-0.39, 0.29) is 29.5 Å². The number of hydrogen-bond donors (Lipinski definition) is 2. The number of nitro groups is 1. The van der Waals surface area contributed by atoms with Crippen molar-refractivity contribution < 1.29 is 24.4 Å². The molecule has 2 atom stereocenters. The van der Waals surface area contributed by atoms with Gasteiger partial charge in [-0.1, -0.05) is 36.1 Å². The van der Waals surface area contributed by atoms with Gasteiger partial charge in [0.25, 0.3) is 11.6 Å². The van der Waals surface area contributed by atoms with Gasteiger partial charge in [-0.05, 0) is 18.1 Å². The first kappa shape index (κ1) is 20.8. The van der Waals surface area contributed by atoms with E-state index >= 15 is 0 Å². The molecular formula is C20H19N4O6-. The molecule has 0 bridgehead atoms. The average molecular weight is 411 g/mol. The number of carbonyl (C=O) groups excluding carboxylic acids is 2. The summed E-state index contributed by atoms with van der Waals surface area (Å²) in [5.41, 5.74) is 2.62. The van der Waals surface area contributed by atoms with Crippen LogP contribution in [0.25, 0.3) is 0 Å². The number of hydrogen-bond acceptors (Lipinski definition) is 7. The summed E-state index contributed by atoms with van der Waals surface area (Å²) in [6, 6.07) is 11.2. The summed E-state index contributed by atoms with van der Waals surface area (Å²) in [5, 5.41) is 29.8. The van der Waals surface area contributed by atoms with Gasteiger partial charge >= 0.3 is 0 Å². The summed E-state index contributed by atoms with van der Waals surface area (Å²) in [7, 11) is 0. The lowest BCUT2D eigenvalue weighted by molar-refractivity contribution is -0.385. The topological polar surface area (TPSA) is 146 Å². The Morgan fingerprint density at radius 2 is 2.10 bits per heavy atom. The van der Waals surface area contributed by atoms with Crippen molar-refractivity contribution in [1.82, 2.24) is 10.7 Å². The minimum Gasteiger partial charge on any atom is -0.870 e. The molecular weight excluding hydrogens is 392 g/mol. The zero-order valence-corrected chi connectivity index (χ0v) is 16.0. The molecule has 2 N–H and O–H groups in total. The standard InChI is InChI=1S/C20H20N4O6/c1-2-30-16-9-14(24(28)29)8-13(18(16)25)10-22-23-20(27)17-15(11-21-19(17)26)12-6-4-3-5-7-12/h3-10,15,17,25H,2,11H2,1H3,(H,21,26)(H,23,27)/p-1/t15-,17+/m0/s1. The summed E-state index contributed by atoms with van der Waals surface area (Å²) < 4.78 is 5.14. The number of nitrogens with one attached hydrogen (secondary N) is 2. The second-order valence-electron chi connectivity index (χ2n) is 6.53. The number of non-ortho nitro benzene ring substituents is 1. The zero-order chi connectivity index (χ0) is 21.7. The van der Waals surface area contributed by atoms with E-state index in [1.807, 2.05) is 30.3 Å². The van der Waals surface area contributed by atoms with Crippen molar-refractivity contribution in [3.63, 3.8) is 0 Å². The summed E-state index contributed by atoms with van der Waals surface area (Å²) in [4.78, 5) is 35.1. The molecule has 0 saturated carbocycles. The fourth-order valence-electron chi connectivity index (χ4n) is 3.24. The van der Waals surface area contributed by atoms with Crippen LogP contribution in [-0.4, -0.2) is 36.1 Å². The lowest BCUT2D eigenvalue weighted by Gasteiger charge is -2.17.